The molecular weight excluding hydrogens is 572 g/mol. The van der Waals surface area contributed by atoms with E-state index in [9.17, 15) is 9.59 Å². The van der Waals surface area contributed by atoms with Gasteiger partial charge in [-0.15, -0.1) is 0 Å². The summed E-state index contributed by atoms with van der Waals surface area (Å²) in [6.45, 7) is 0. The first kappa shape index (κ1) is 23.9. The molecule has 2 aromatic rings. The maximum Gasteiger partial charge on any atom is 0.339 e. The van der Waals surface area contributed by atoms with E-state index in [1.165, 1.54) is 7.11 Å². The number of benzene rings is 2. The summed E-state index contributed by atoms with van der Waals surface area (Å²) in [6.07, 6.45) is -1.15. The van der Waals surface area contributed by atoms with E-state index in [0.717, 1.165) is 3.57 Å². The summed E-state index contributed by atoms with van der Waals surface area (Å²) >= 11 is 25.4. The highest BCUT2D eigenvalue weighted by molar-refractivity contribution is 14.1. The molecule has 0 heterocycles. The predicted molar refractivity (Wildman–Crippen MR) is 128 cm³/mol. The normalized spacial score (nSPS) is 11.9. The molecule has 11 heteroatoms. The van der Waals surface area contributed by atoms with Crippen molar-refractivity contribution in [1.29, 1.82) is 0 Å². The Labute approximate surface area is 201 Å². The molecule has 0 aliphatic heterocycles. The van der Waals surface area contributed by atoms with Crippen molar-refractivity contribution in [2.45, 2.75) is 9.96 Å². The van der Waals surface area contributed by atoms with E-state index in [1.807, 2.05) is 0 Å². The Bertz CT molecular complexity index is 907. The number of anilines is 1. The van der Waals surface area contributed by atoms with Crippen molar-refractivity contribution in [3.63, 3.8) is 0 Å². The number of carbonyl (C=O) groups is 2. The van der Waals surface area contributed by atoms with Crippen molar-refractivity contribution >= 4 is 92.3 Å². The molecule has 6 nitrogen and oxygen atoms in total. The summed E-state index contributed by atoms with van der Waals surface area (Å²) in [7, 11) is 1.27. The van der Waals surface area contributed by atoms with Crippen LogP contribution in [0.3, 0.4) is 0 Å². The number of thiocarbonyl (C=S) groups is 1. The summed E-state index contributed by atoms with van der Waals surface area (Å²) in [6, 6.07) is 13.5. The second-order valence-corrected chi connectivity index (χ2v) is 9.61. The zero-order valence-electron chi connectivity index (χ0n) is 14.8. The fourth-order valence-electron chi connectivity index (χ4n) is 2.19. The molecule has 0 unspecified atom stereocenters. The van der Waals surface area contributed by atoms with Crippen molar-refractivity contribution in [3.8, 4) is 0 Å². The van der Waals surface area contributed by atoms with Crippen LogP contribution in [0.15, 0.2) is 48.5 Å². The first-order valence-corrected chi connectivity index (χ1v) is 10.6. The number of esters is 1. The van der Waals surface area contributed by atoms with Gasteiger partial charge in [-0.1, -0.05) is 46.9 Å². The first-order valence-electron chi connectivity index (χ1n) is 8.00. The van der Waals surface area contributed by atoms with E-state index < -0.39 is 21.8 Å². The van der Waals surface area contributed by atoms with Crippen molar-refractivity contribution in [1.82, 2.24) is 10.6 Å². The quantitative estimate of drug-likeness (QED) is 0.158. The number of nitrogens with one attached hydrogen (secondary N) is 3. The summed E-state index contributed by atoms with van der Waals surface area (Å²) < 4.78 is 3.81. The van der Waals surface area contributed by atoms with E-state index in [1.54, 1.807) is 48.5 Å². The molecule has 0 aliphatic carbocycles. The third-order valence-electron chi connectivity index (χ3n) is 3.57. The van der Waals surface area contributed by atoms with Crippen LogP contribution in [-0.2, 0) is 4.74 Å². The molecule has 154 valence electrons. The molecule has 0 fully saturated rings. The highest BCUT2D eigenvalue weighted by Crippen LogP contribution is 2.29. The Morgan fingerprint density at radius 2 is 1.69 bits per heavy atom. The summed E-state index contributed by atoms with van der Waals surface area (Å²) in [5.74, 6) is -0.996. The second-order valence-electron chi connectivity index (χ2n) is 5.59. The second kappa shape index (κ2) is 10.6. The van der Waals surface area contributed by atoms with Gasteiger partial charge in [0.05, 0.1) is 18.4 Å². The minimum Gasteiger partial charge on any atom is -0.465 e. The minimum absolute atomic E-state index is 0.0283. The van der Waals surface area contributed by atoms with E-state index >= 15 is 0 Å². The molecule has 0 bridgehead atoms. The summed E-state index contributed by atoms with van der Waals surface area (Å²) in [5.41, 5.74) is 1.05. The van der Waals surface area contributed by atoms with Crippen LogP contribution in [0.5, 0.6) is 0 Å². The molecule has 0 spiro atoms. The maximum absolute atomic E-state index is 12.5. The standard InChI is InChI=1S/C18H15Cl3IN3O3S/c1-28-15(27)12-4-2-3-5-13(12)23-17(29)25-16(18(19,20)21)24-14(26)10-6-8-11(22)9-7-10/h2-9,16H,1H3,(H,24,26)(H2,23,25,29)/t16-/m0/s1. The number of amides is 1. The van der Waals surface area contributed by atoms with E-state index in [-0.39, 0.29) is 10.7 Å². The lowest BCUT2D eigenvalue weighted by Crippen LogP contribution is -2.56. The SMILES string of the molecule is COC(=O)c1ccccc1NC(=S)N[C@H](NC(=O)c1ccc(I)cc1)C(Cl)(Cl)Cl. The monoisotopic (exact) mass is 585 g/mol. The van der Waals surface area contributed by atoms with Gasteiger partial charge in [0.2, 0.25) is 3.79 Å². The highest BCUT2D eigenvalue weighted by atomic mass is 127. The van der Waals surface area contributed by atoms with Gasteiger partial charge < -0.3 is 20.7 Å². The number of alkyl halides is 3. The molecular formula is C18H15Cl3IN3O3S. The van der Waals surface area contributed by atoms with Crippen LogP contribution in [0, 0.1) is 3.57 Å². The average Bonchev–Trinajstić information content (AvgIpc) is 2.67. The lowest BCUT2D eigenvalue weighted by molar-refractivity contribution is 0.0601. The van der Waals surface area contributed by atoms with Gasteiger partial charge in [0.1, 0.15) is 6.17 Å². The third-order valence-corrected chi connectivity index (χ3v) is 5.16. The van der Waals surface area contributed by atoms with Crippen LogP contribution in [0.1, 0.15) is 20.7 Å². The molecule has 3 N–H and O–H groups in total. The molecule has 0 aromatic heterocycles. The van der Waals surface area contributed by atoms with E-state index in [4.69, 9.17) is 51.8 Å². The lowest BCUT2D eigenvalue weighted by Gasteiger charge is -2.28. The Kier molecular flexibility index (Phi) is 8.77. The van der Waals surface area contributed by atoms with Gasteiger partial charge in [0, 0.05) is 9.13 Å². The number of methoxy groups -OCH3 is 1. The highest BCUT2D eigenvalue weighted by Gasteiger charge is 2.35. The van der Waals surface area contributed by atoms with Crippen LogP contribution >= 0.6 is 69.6 Å². The zero-order chi connectivity index (χ0) is 21.6. The Hall–Kier alpha value is -1.33. The van der Waals surface area contributed by atoms with E-state index in [2.05, 4.69) is 38.5 Å². The third kappa shape index (κ3) is 7.14. The molecule has 0 saturated carbocycles. The molecule has 29 heavy (non-hydrogen) atoms. The van der Waals surface area contributed by atoms with Gasteiger partial charge in [-0.05, 0) is 71.2 Å². The summed E-state index contributed by atoms with van der Waals surface area (Å²) in [5, 5.41) is 8.20. The fraction of sp³-hybridized carbons (Fsp3) is 0.167. The van der Waals surface area contributed by atoms with Gasteiger partial charge in [-0.25, -0.2) is 4.79 Å². The van der Waals surface area contributed by atoms with Gasteiger partial charge in [-0.2, -0.15) is 0 Å². The van der Waals surface area contributed by atoms with Gasteiger partial charge in [-0.3, -0.25) is 4.79 Å². The number of rotatable bonds is 5. The zero-order valence-corrected chi connectivity index (χ0v) is 20.1. The Morgan fingerprint density at radius 1 is 1.07 bits per heavy atom. The number of hydrogen-bond donors (Lipinski definition) is 3. The van der Waals surface area contributed by atoms with Crippen molar-refractivity contribution in [3.05, 3.63) is 63.2 Å². The number of hydrogen-bond acceptors (Lipinski definition) is 4. The minimum atomic E-state index is -1.91. The number of halogens is 4. The van der Waals surface area contributed by atoms with E-state index in [0.29, 0.717) is 11.3 Å². The smallest absolute Gasteiger partial charge is 0.339 e. The van der Waals surface area contributed by atoms with Crippen LogP contribution < -0.4 is 16.0 Å². The summed E-state index contributed by atoms with van der Waals surface area (Å²) in [4.78, 5) is 24.4. The van der Waals surface area contributed by atoms with Crippen molar-refractivity contribution in [2.24, 2.45) is 0 Å². The molecule has 0 saturated heterocycles. The number of ether oxygens (including phenoxy) is 1. The fourth-order valence-corrected chi connectivity index (χ4v) is 3.10. The maximum atomic E-state index is 12.5. The molecule has 2 aromatic carbocycles. The van der Waals surface area contributed by atoms with Crippen molar-refractivity contribution in [2.75, 3.05) is 12.4 Å². The van der Waals surface area contributed by atoms with Crippen LogP contribution in [0.4, 0.5) is 5.69 Å². The largest absolute Gasteiger partial charge is 0.465 e. The van der Waals surface area contributed by atoms with Crippen LogP contribution in [-0.4, -0.2) is 34.1 Å². The molecule has 1 amide bonds. The van der Waals surface area contributed by atoms with Crippen molar-refractivity contribution < 1.29 is 14.3 Å². The van der Waals surface area contributed by atoms with Crippen LogP contribution in [0.2, 0.25) is 0 Å². The first-order chi connectivity index (χ1) is 13.6. The topological polar surface area (TPSA) is 79.5 Å². The molecule has 0 radical (unpaired) electrons. The Morgan fingerprint density at radius 3 is 2.28 bits per heavy atom. The molecule has 1 atom stereocenters. The Balaban J connectivity index is 2.13. The molecule has 2 rings (SSSR count). The average molecular weight is 587 g/mol. The van der Waals surface area contributed by atoms with Gasteiger partial charge >= 0.3 is 5.97 Å². The lowest BCUT2D eigenvalue weighted by atomic mass is 10.2. The van der Waals surface area contributed by atoms with Gasteiger partial charge in [0.25, 0.3) is 5.91 Å². The van der Waals surface area contributed by atoms with Gasteiger partial charge in [0.15, 0.2) is 5.11 Å². The number of carbonyl (C=O) groups excluding carboxylic acids is 2. The number of para-hydroxylation sites is 1. The predicted octanol–water partition coefficient (Wildman–Crippen LogP) is 4.49. The molecule has 0 aliphatic rings. The van der Waals surface area contributed by atoms with Crippen LogP contribution in [0.25, 0.3) is 0 Å².